The monoisotopic (exact) mass is 290 g/mol. The second kappa shape index (κ2) is 4.79. The van der Waals surface area contributed by atoms with E-state index in [1.54, 1.807) is 10.9 Å². The van der Waals surface area contributed by atoms with Crippen LogP contribution in [0, 0.1) is 6.92 Å². The molecule has 0 saturated carbocycles. The van der Waals surface area contributed by atoms with Crippen molar-refractivity contribution in [2.24, 2.45) is 0 Å². The van der Waals surface area contributed by atoms with Crippen LogP contribution < -0.4 is 5.56 Å². The highest BCUT2D eigenvalue weighted by Crippen LogP contribution is 2.20. The summed E-state index contributed by atoms with van der Waals surface area (Å²) >= 11 is 7.65. The van der Waals surface area contributed by atoms with Crippen molar-refractivity contribution in [3.05, 3.63) is 62.5 Å². The average Bonchev–Trinajstić information content (AvgIpc) is 2.77. The predicted molar refractivity (Wildman–Crippen MR) is 79.2 cm³/mol. The molecule has 0 radical (unpaired) electrons. The van der Waals surface area contributed by atoms with Crippen molar-refractivity contribution in [2.45, 2.75) is 13.5 Å². The summed E-state index contributed by atoms with van der Waals surface area (Å²) in [6.45, 7) is 2.42. The molecule has 19 heavy (non-hydrogen) atoms. The highest BCUT2D eigenvalue weighted by molar-refractivity contribution is 7.18. The van der Waals surface area contributed by atoms with Gasteiger partial charge in [-0.15, -0.1) is 11.3 Å². The van der Waals surface area contributed by atoms with Gasteiger partial charge in [0.1, 0.15) is 4.83 Å². The van der Waals surface area contributed by atoms with E-state index in [-0.39, 0.29) is 5.56 Å². The third kappa shape index (κ3) is 2.29. The Kier molecular flexibility index (Phi) is 3.12. The molecule has 3 aromatic rings. The van der Waals surface area contributed by atoms with E-state index in [0.717, 1.165) is 15.3 Å². The summed E-state index contributed by atoms with van der Waals surface area (Å²) in [6.07, 6.45) is 1.59. The Morgan fingerprint density at radius 1 is 1.37 bits per heavy atom. The quantitative estimate of drug-likeness (QED) is 0.724. The topological polar surface area (TPSA) is 34.9 Å². The van der Waals surface area contributed by atoms with E-state index < -0.39 is 0 Å². The molecule has 2 heterocycles. The van der Waals surface area contributed by atoms with Crippen molar-refractivity contribution in [3.8, 4) is 0 Å². The molecule has 0 fully saturated rings. The van der Waals surface area contributed by atoms with Gasteiger partial charge < -0.3 is 0 Å². The largest absolute Gasteiger partial charge is 0.294 e. The lowest BCUT2D eigenvalue weighted by Crippen LogP contribution is -2.20. The van der Waals surface area contributed by atoms with Gasteiger partial charge in [0.25, 0.3) is 5.56 Å². The lowest BCUT2D eigenvalue weighted by Gasteiger charge is -2.06. The summed E-state index contributed by atoms with van der Waals surface area (Å²) in [7, 11) is 0. The Morgan fingerprint density at radius 2 is 2.16 bits per heavy atom. The van der Waals surface area contributed by atoms with Crippen molar-refractivity contribution >= 4 is 33.2 Å². The molecule has 3 rings (SSSR count). The third-order valence-electron chi connectivity index (χ3n) is 2.94. The minimum absolute atomic E-state index is 0.0192. The molecule has 96 valence electrons. The highest BCUT2D eigenvalue weighted by atomic mass is 35.5. The fourth-order valence-corrected chi connectivity index (χ4v) is 3.04. The SMILES string of the molecule is Cc1cc2c(=O)n(Cc3ccccc3Cl)cnc2s1. The maximum atomic E-state index is 12.3. The van der Waals surface area contributed by atoms with Crippen LogP contribution in [0.15, 0.2) is 41.5 Å². The molecule has 0 saturated heterocycles. The zero-order chi connectivity index (χ0) is 13.4. The third-order valence-corrected chi connectivity index (χ3v) is 4.27. The molecule has 0 spiro atoms. The number of hydrogen-bond acceptors (Lipinski definition) is 3. The normalized spacial score (nSPS) is 11.1. The van der Waals surface area contributed by atoms with E-state index in [1.165, 1.54) is 11.3 Å². The van der Waals surface area contributed by atoms with Crippen LogP contribution in [0.3, 0.4) is 0 Å². The zero-order valence-corrected chi connectivity index (χ0v) is 11.8. The molecule has 0 aliphatic heterocycles. The summed E-state index contributed by atoms with van der Waals surface area (Å²) in [4.78, 5) is 18.6. The number of fused-ring (bicyclic) bond motifs is 1. The Balaban J connectivity index is 2.09. The minimum atomic E-state index is -0.0192. The Labute approximate surface area is 119 Å². The maximum Gasteiger partial charge on any atom is 0.262 e. The number of rotatable bonds is 2. The van der Waals surface area contributed by atoms with Gasteiger partial charge >= 0.3 is 0 Å². The molecule has 5 heteroatoms. The van der Waals surface area contributed by atoms with E-state index in [9.17, 15) is 4.79 Å². The molecule has 0 unspecified atom stereocenters. The predicted octanol–water partition coefficient (Wildman–Crippen LogP) is 3.47. The molecule has 1 aromatic carbocycles. The van der Waals surface area contributed by atoms with Gasteiger partial charge in [0.05, 0.1) is 18.3 Å². The number of thiophene rings is 1. The van der Waals surface area contributed by atoms with Gasteiger partial charge in [0.15, 0.2) is 0 Å². The smallest absolute Gasteiger partial charge is 0.262 e. The summed E-state index contributed by atoms with van der Waals surface area (Å²) in [5, 5.41) is 1.34. The van der Waals surface area contributed by atoms with Crippen molar-refractivity contribution < 1.29 is 0 Å². The first-order chi connectivity index (χ1) is 9.15. The standard InChI is InChI=1S/C14H11ClN2OS/c1-9-6-11-13(19-9)16-8-17(14(11)18)7-10-4-2-3-5-12(10)15/h2-6,8H,7H2,1H3. The maximum absolute atomic E-state index is 12.3. The van der Waals surface area contributed by atoms with Crippen molar-refractivity contribution in [3.63, 3.8) is 0 Å². The molecule has 0 aliphatic rings. The van der Waals surface area contributed by atoms with Crippen LogP contribution in [0.2, 0.25) is 5.02 Å². The molecule has 3 nitrogen and oxygen atoms in total. The van der Waals surface area contributed by atoms with E-state index in [2.05, 4.69) is 4.98 Å². The molecule has 0 aliphatic carbocycles. The second-order valence-corrected chi connectivity index (χ2v) is 5.99. The first-order valence-electron chi connectivity index (χ1n) is 5.84. The lowest BCUT2D eigenvalue weighted by molar-refractivity contribution is 0.749. The lowest BCUT2D eigenvalue weighted by atomic mass is 10.2. The summed E-state index contributed by atoms with van der Waals surface area (Å²) in [6, 6.07) is 9.41. The van der Waals surface area contributed by atoms with Crippen LogP contribution in [0.25, 0.3) is 10.2 Å². The number of aromatic nitrogens is 2. The van der Waals surface area contributed by atoms with Gasteiger partial charge in [0.2, 0.25) is 0 Å². The first-order valence-corrected chi connectivity index (χ1v) is 7.03. The van der Waals surface area contributed by atoms with Crippen LogP contribution in [0.1, 0.15) is 10.4 Å². The van der Waals surface area contributed by atoms with Crippen molar-refractivity contribution in [1.29, 1.82) is 0 Å². The summed E-state index contributed by atoms with van der Waals surface area (Å²) in [5.74, 6) is 0. The van der Waals surface area contributed by atoms with E-state index >= 15 is 0 Å². The zero-order valence-electron chi connectivity index (χ0n) is 10.3. The number of hydrogen-bond donors (Lipinski definition) is 0. The van der Waals surface area contributed by atoms with Gasteiger partial charge in [-0.25, -0.2) is 4.98 Å². The van der Waals surface area contributed by atoms with Crippen molar-refractivity contribution in [2.75, 3.05) is 0 Å². The van der Waals surface area contributed by atoms with Gasteiger partial charge in [-0.2, -0.15) is 0 Å². The van der Waals surface area contributed by atoms with Gasteiger partial charge in [-0.1, -0.05) is 29.8 Å². The Bertz CT molecular complexity index is 807. The molecule has 0 bridgehead atoms. The number of benzene rings is 1. The highest BCUT2D eigenvalue weighted by Gasteiger charge is 2.08. The molecular formula is C14H11ClN2OS. The Morgan fingerprint density at radius 3 is 2.95 bits per heavy atom. The second-order valence-electron chi connectivity index (χ2n) is 4.34. The van der Waals surface area contributed by atoms with Crippen LogP contribution in [-0.2, 0) is 6.54 Å². The summed E-state index contributed by atoms with van der Waals surface area (Å²) in [5.41, 5.74) is 0.897. The fourth-order valence-electron chi connectivity index (χ4n) is 2.00. The van der Waals surface area contributed by atoms with Gasteiger partial charge in [0, 0.05) is 9.90 Å². The van der Waals surface area contributed by atoms with E-state index in [4.69, 9.17) is 11.6 Å². The van der Waals surface area contributed by atoms with E-state index in [1.807, 2.05) is 37.3 Å². The molecule has 2 aromatic heterocycles. The molecule has 0 atom stereocenters. The molecule has 0 amide bonds. The van der Waals surface area contributed by atoms with Crippen LogP contribution in [0.4, 0.5) is 0 Å². The average molecular weight is 291 g/mol. The Hall–Kier alpha value is -1.65. The number of aryl methyl sites for hydroxylation is 1. The van der Waals surface area contributed by atoms with Crippen molar-refractivity contribution in [1.82, 2.24) is 9.55 Å². The minimum Gasteiger partial charge on any atom is -0.294 e. The molecule has 0 N–H and O–H groups in total. The van der Waals surface area contributed by atoms with Crippen LogP contribution in [0.5, 0.6) is 0 Å². The number of halogens is 1. The fraction of sp³-hybridized carbons (Fsp3) is 0.143. The van der Waals surface area contributed by atoms with E-state index in [0.29, 0.717) is 17.0 Å². The van der Waals surface area contributed by atoms with Gasteiger partial charge in [-0.05, 0) is 24.6 Å². The number of nitrogens with zero attached hydrogens (tertiary/aromatic N) is 2. The first kappa shape index (κ1) is 12.4. The van der Waals surface area contributed by atoms with Crippen LogP contribution in [-0.4, -0.2) is 9.55 Å². The van der Waals surface area contributed by atoms with Gasteiger partial charge in [-0.3, -0.25) is 9.36 Å². The van der Waals surface area contributed by atoms with Crippen LogP contribution >= 0.6 is 22.9 Å². The molecular weight excluding hydrogens is 280 g/mol. The summed E-state index contributed by atoms with van der Waals surface area (Å²) < 4.78 is 1.59.